The summed E-state index contributed by atoms with van der Waals surface area (Å²) in [6, 6.07) is 0. The number of esters is 1. The SMILES string of the molecule is Cc1sc2nc(COC(=O)CN)[nH]c(=O)c2c1C. The topological polar surface area (TPSA) is 98.1 Å². The van der Waals surface area contributed by atoms with Gasteiger partial charge in [0.15, 0.2) is 0 Å². The van der Waals surface area contributed by atoms with Crippen LogP contribution in [0, 0.1) is 13.8 Å². The van der Waals surface area contributed by atoms with E-state index in [0.29, 0.717) is 16.0 Å². The van der Waals surface area contributed by atoms with Gasteiger partial charge in [-0.15, -0.1) is 11.3 Å². The number of carbonyl (C=O) groups is 1. The number of carbonyl (C=O) groups excluding carboxylic acids is 1. The van der Waals surface area contributed by atoms with E-state index < -0.39 is 5.97 Å². The number of hydrogen-bond acceptors (Lipinski definition) is 6. The van der Waals surface area contributed by atoms with Gasteiger partial charge in [-0.1, -0.05) is 0 Å². The fraction of sp³-hybridized carbons (Fsp3) is 0.364. The monoisotopic (exact) mass is 267 g/mol. The van der Waals surface area contributed by atoms with Crippen molar-refractivity contribution < 1.29 is 9.53 Å². The van der Waals surface area contributed by atoms with Gasteiger partial charge in [0.25, 0.3) is 5.56 Å². The second-order valence-electron chi connectivity index (χ2n) is 3.84. The zero-order valence-electron chi connectivity index (χ0n) is 10.1. The number of aryl methyl sites for hydroxylation is 2. The summed E-state index contributed by atoms with van der Waals surface area (Å²) in [5.41, 5.74) is 5.85. The summed E-state index contributed by atoms with van der Waals surface area (Å²) in [4.78, 5) is 31.4. The van der Waals surface area contributed by atoms with E-state index in [1.165, 1.54) is 11.3 Å². The predicted octanol–water partition coefficient (Wildman–Crippen LogP) is 0.603. The largest absolute Gasteiger partial charge is 0.457 e. The normalized spacial score (nSPS) is 10.8. The number of rotatable bonds is 3. The molecule has 0 amide bonds. The van der Waals surface area contributed by atoms with Gasteiger partial charge in [-0.05, 0) is 19.4 Å². The van der Waals surface area contributed by atoms with Gasteiger partial charge in [0.2, 0.25) is 0 Å². The molecule has 0 saturated heterocycles. The number of nitrogens with two attached hydrogens (primary N) is 1. The number of nitrogens with one attached hydrogen (secondary N) is 1. The Labute approximate surface area is 107 Å². The number of hydrogen-bond donors (Lipinski definition) is 2. The highest BCUT2D eigenvalue weighted by Gasteiger charge is 2.12. The van der Waals surface area contributed by atoms with Crippen molar-refractivity contribution in [2.75, 3.05) is 6.54 Å². The van der Waals surface area contributed by atoms with E-state index in [1.807, 2.05) is 13.8 Å². The summed E-state index contributed by atoms with van der Waals surface area (Å²) in [7, 11) is 0. The van der Waals surface area contributed by atoms with Crippen molar-refractivity contribution in [3.05, 3.63) is 26.6 Å². The van der Waals surface area contributed by atoms with Crippen LogP contribution >= 0.6 is 11.3 Å². The molecule has 0 saturated carbocycles. The van der Waals surface area contributed by atoms with E-state index in [4.69, 9.17) is 10.5 Å². The number of aromatic amines is 1. The molecule has 0 spiro atoms. The highest BCUT2D eigenvalue weighted by atomic mass is 32.1. The van der Waals surface area contributed by atoms with Crippen molar-refractivity contribution in [1.29, 1.82) is 0 Å². The molecule has 96 valence electrons. The van der Waals surface area contributed by atoms with Crippen LogP contribution in [0.1, 0.15) is 16.3 Å². The molecule has 18 heavy (non-hydrogen) atoms. The predicted molar refractivity (Wildman–Crippen MR) is 68.6 cm³/mol. The fourth-order valence-electron chi connectivity index (χ4n) is 1.58. The number of nitrogens with zero attached hydrogens (tertiary/aromatic N) is 1. The molecule has 0 aliphatic heterocycles. The number of fused-ring (bicyclic) bond motifs is 1. The standard InChI is InChI=1S/C11H13N3O3S/c1-5-6(2)18-11-9(5)10(16)13-7(14-11)4-17-8(15)3-12/h3-4,12H2,1-2H3,(H,13,14,16). The molecule has 0 aliphatic carbocycles. The Balaban J connectivity index is 2.38. The highest BCUT2D eigenvalue weighted by molar-refractivity contribution is 7.18. The van der Waals surface area contributed by atoms with Crippen molar-refractivity contribution >= 4 is 27.5 Å². The molecule has 0 radical (unpaired) electrons. The molecule has 3 N–H and O–H groups in total. The van der Waals surface area contributed by atoms with Crippen LogP contribution in [0.3, 0.4) is 0 Å². The smallest absolute Gasteiger partial charge is 0.320 e. The maximum atomic E-state index is 11.9. The van der Waals surface area contributed by atoms with Crippen LogP contribution in [0.2, 0.25) is 0 Å². The van der Waals surface area contributed by atoms with Gasteiger partial charge in [0, 0.05) is 4.88 Å². The third-order valence-electron chi connectivity index (χ3n) is 2.62. The van der Waals surface area contributed by atoms with E-state index in [2.05, 4.69) is 9.97 Å². The molecule has 0 aromatic carbocycles. The molecule has 0 bridgehead atoms. The summed E-state index contributed by atoms with van der Waals surface area (Å²) < 4.78 is 4.83. The zero-order valence-corrected chi connectivity index (χ0v) is 10.9. The Kier molecular flexibility index (Phi) is 3.44. The molecule has 7 heteroatoms. The molecule has 6 nitrogen and oxygen atoms in total. The van der Waals surface area contributed by atoms with Crippen LogP contribution in [0.15, 0.2) is 4.79 Å². The molecule has 2 aromatic rings. The van der Waals surface area contributed by atoms with E-state index in [1.54, 1.807) is 0 Å². The van der Waals surface area contributed by atoms with Gasteiger partial charge in [-0.25, -0.2) is 4.98 Å². The van der Waals surface area contributed by atoms with Gasteiger partial charge in [0.1, 0.15) is 17.3 Å². The molecule has 2 aromatic heterocycles. The first-order valence-electron chi connectivity index (χ1n) is 5.37. The second kappa shape index (κ2) is 4.87. The fourth-order valence-corrected chi connectivity index (χ4v) is 2.62. The minimum Gasteiger partial charge on any atom is -0.457 e. The maximum Gasteiger partial charge on any atom is 0.320 e. The summed E-state index contributed by atoms with van der Waals surface area (Å²) in [6.07, 6.45) is 0. The highest BCUT2D eigenvalue weighted by Crippen LogP contribution is 2.25. The van der Waals surface area contributed by atoms with Crippen molar-refractivity contribution in [3.8, 4) is 0 Å². The summed E-state index contributed by atoms with van der Waals surface area (Å²) in [5.74, 6) is -0.202. The van der Waals surface area contributed by atoms with Crippen molar-refractivity contribution in [2.24, 2.45) is 5.73 Å². The van der Waals surface area contributed by atoms with Crippen LogP contribution in [0.5, 0.6) is 0 Å². The summed E-state index contributed by atoms with van der Waals surface area (Å²) >= 11 is 1.45. The van der Waals surface area contributed by atoms with Gasteiger partial charge in [-0.2, -0.15) is 0 Å². The molecule has 0 fully saturated rings. The lowest BCUT2D eigenvalue weighted by atomic mass is 10.2. The van der Waals surface area contributed by atoms with Crippen molar-refractivity contribution in [2.45, 2.75) is 20.5 Å². The molecule has 0 aliphatic rings. The van der Waals surface area contributed by atoms with E-state index in [0.717, 1.165) is 10.4 Å². The molecule has 2 rings (SSSR count). The average molecular weight is 267 g/mol. The summed E-state index contributed by atoms with van der Waals surface area (Å²) in [6.45, 7) is 3.56. The molecule has 0 unspecified atom stereocenters. The van der Waals surface area contributed by atoms with Gasteiger partial charge < -0.3 is 15.5 Å². The lowest BCUT2D eigenvalue weighted by molar-refractivity contribution is -0.143. The number of ether oxygens (including phenoxy) is 1. The van der Waals surface area contributed by atoms with Crippen LogP contribution in [-0.2, 0) is 16.1 Å². The first kappa shape index (κ1) is 12.7. The molecular weight excluding hydrogens is 254 g/mol. The number of H-pyrrole nitrogens is 1. The van der Waals surface area contributed by atoms with E-state index in [-0.39, 0.29) is 18.7 Å². The Bertz CT molecular complexity index is 659. The average Bonchev–Trinajstić information content (AvgIpc) is 2.62. The van der Waals surface area contributed by atoms with Crippen LogP contribution < -0.4 is 11.3 Å². The van der Waals surface area contributed by atoms with Gasteiger partial charge >= 0.3 is 5.97 Å². The maximum absolute atomic E-state index is 11.9. The lowest BCUT2D eigenvalue weighted by Crippen LogP contribution is -2.19. The minimum atomic E-state index is -0.531. The summed E-state index contributed by atoms with van der Waals surface area (Å²) in [5, 5.41) is 0.603. The van der Waals surface area contributed by atoms with Crippen molar-refractivity contribution in [1.82, 2.24) is 9.97 Å². The van der Waals surface area contributed by atoms with Gasteiger partial charge in [0.05, 0.1) is 11.9 Å². The number of thiophene rings is 1. The Morgan fingerprint density at radius 1 is 1.50 bits per heavy atom. The molecule has 0 atom stereocenters. The van der Waals surface area contributed by atoms with Crippen LogP contribution in [0.25, 0.3) is 10.2 Å². The zero-order chi connectivity index (χ0) is 13.3. The van der Waals surface area contributed by atoms with Crippen LogP contribution in [-0.4, -0.2) is 22.5 Å². The first-order valence-corrected chi connectivity index (χ1v) is 6.19. The molecule has 2 heterocycles. The van der Waals surface area contributed by atoms with Crippen molar-refractivity contribution in [3.63, 3.8) is 0 Å². The minimum absolute atomic E-state index is 0.0722. The van der Waals surface area contributed by atoms with Gasteiger partial charge in [-0.3, -0.25) is 9.59 Å². The number of aromatic nitrogens is 2. The first-order chi connectivity index (χ1) is 8.52. The quantitative estimate of drug-likeness (QED) is 0.794. The Morgan fingerprint density at radius 2 is 2.22 bits per heavy atom. The van der Waals surface area contributed by atoms with Crippen LogP contribution in [0.4, 0.5) is 0 Å². The molecular formula is C11H13N3O3S. The van der Waals surface area contributed by atoms with E-state index >= 15 is 0 Å². The third-order valence-corrected chi connectivity index (χ3v) is 3.73. The Hall–Kier alpha value is -1.73. The lowest BCUT2D eigenvalue weighted by Gasteiger charge is -2.02. The Morgan fingerprint density at radius 3 is 2.89 bits per heavy atom. The second-order valence-corrected chi connectivity index (χ2v) is 5.04. The van der Waals surface area contributed by atoms with E-state index in [9.17, 15) is 9.59 Å². The third kappa shape index (κ3) is 2.27.